The van der Waals surface area contributed by atoms with Crippen molar-refractivity contribution < 1.29 is 24.3 Å². The number of hydrazone groups is 1. The maximum atomic E-state index is 11.6. The van der Waals surface area contributed by atoms with E-state index in [1.54, 1.807) is 37.9 Å². The van der Waals surface area contributed by atoms with Gasteiger partial charge < -0.3 is 14.8 Å². The second kappa shape index (κ2) is 11.7. The Hall–Kier alpha value is -2.81. The van der Waals surface area contributed by atoms with Crippen molar-refractivity contribution >= 4 is 18.2 Å². The Morgan fingerprint density at radius 2 is 1.92 bits per heavy atom. The number of hydrogen-bond acceptors (Lipinski definition) is 6. The molecule has 0 aliphatic heterocycles. The van der Waals surface area contributed by atoms with Gasteiger partial charge in [-0.15, -0.1) is 0 Å². The number of hydroxylamine groups is 1. The minimum absolute atomic E-state index is 0.262. The molecule has 3 amide bonds. The molecule has 0 spiro atoms. The second-order valence-electron chi connectivity index (χ2n) is 5.09. The number of carbonyl (C=O) groups is 2. The first-order valence-corrected chi connectivity index (χ1v) is 7.82. The SMILES string of the molecule is COc1ccc(/C=N/NC(=O)NCCCCCC(=O)NO)cc1OC. The highest BCUT2D eigenvalue weighted by atomic mass is 16.5. The van der Waals surface area contributed by atoms with E-state index in [0.29, 0.717) is 24.5 Å². The number of ether oxygens (including phenoxy) is 2. The summed E-state index contributed by atoms with van der Waals surface area (Å²) >= 11 is 0. The standard InChI is InChI=1S/C16H24N4O5/c1-24-13-8-7-12(10-14(13)25-2)11-18-19-16(22)17-9-5-3-4-6-15(21)20-23/h7-8,10-11,23H,3-6,9H2,1-2H3,(H,20,21)(H2,17,19,22)/b18-11+. The summed E-state index contributed by atoms with van der Waals surface area (Å²) < 4.78 is 10.3. The van der Waals surface area contributed by atoms with E-state index in [1.807, 2.05) is 0 Å². The molecule has 0 radical (unpaired) electrons. The van der Waals surface area contributed by atoms with Gasteiger partial charge in [-0.2, -0.15) is 5.10 Å². The van der Waals surface area contributed by atoms with Crippen LogP contribution in [-0.4, -0.2) is 44.1 Å². The zero-order valence-corrected chi connectivity index (χ0v) is 14.4. The molecule has 0 bridgehead atoms. The summed E-state index contributed by atoms with van der Waals surface area (Å²) in [6.45, 7) is 0.471. The predicted molar refractivity (Wildman–Crippen MR) is 92.1 cm³/mol. The first-order valence-electron chi connectivity index (χ1n) is 7.82. The molecule has 138 valence electrons. The number of nitrogens with zero attached hydrogens (tertiary/aromatic N) is 1. The van der Waals surface area contributed by atoms with E-state index in [9.17, 15) is 9.59 Å². The average Bonchev–Trinajstić information content (AvgIpc) is 2.64. The Morgan fingerprint density at radius 3 is 2.60 bits per heavy atom. The Balaban J connectivity index is 2.25. The minimum atomic E-state index is -0.412. The number of nitrogens with one attached hydrogen (secondary N) is 3. The van der Waals surface area contributed by atoms with Gasteiger partial charge in [-0.3, -0.25) is 10.0 Å². The first kappa shape index (κ1) is 20.2. The molecule has 1 aromatic rings. The number of amides is 3. The largest absolute Gasteiger partial charge is 0.493 e. The maximum absolute atomic E-state index is 11.6. The molecule has 0 atom stereocenters. The lowest BCUT2D eigenvalue weighted by Crippen LogP contribution is -2.33. The van der Waals surface area contributed by atoms with E-state index in [1.165, 1.54) is 6.21 Å². The summed E-state index contributed by atoms with van der Waals surface area (Å²) in [5.74, 6) is 0.780. The van der Waals surface area contributed by atoms with Gasteiger partial charge in [-0.25, -0.2) is 15.7 Å². The second-order valence-corrected chi connectivity index (χ2v) is 5.09. The van der Waals surface area contributed by atoms with Crippen molar-refractivity contribution in [1.29, 1.82) is 0 Å². The molecule has 9 heteroatoms. The molecule has 4 N–H and O–H groups in total. The molecule has 0 fully saturated rings. The van der Waals surface area contributed by atoms with E-state index in [-0.39, 0.29) is 6.42 Å². The summed E-state index contributed by atoms with van der Waals surface area (Å²) in [5.41, 5.74) is 4.69. The fraction of sp³-hybridized carbons (Fsp3) is 0.438. The lowest BCUT2D eigenvalue weighted by molar-refractivity contribution is -0.129. The quantitative estimate of drug-likeness (QED) is 0.219. The van der Waals surface area contributed by atoms with Gasteiger partial charge >= 0.3 is 6.03 Å². The van der Waals surface area contributed by atoms with E-state index in [0.717, 1.165) is 18.4 Å². The topological polar surface area (TPSA) is 121 Å². The zero-order valence-electron chi connectivity index (χ0n) is 14.4. The monoisotopic (exact) mass is 352 g/mol. The third kappa shape index (κ3) is 8.02. The molecule has 0 saturated heterocycles. The van der Waals surface area contributed by atoms with Crippen LogP contribution in [0.25, 0.3) is 0 Å². The third-order valence-electron chi connectivity index (χ3n) is 3.28. The van der Waals surface area contributed by atoms with Crippen LogP contribution in [0.15, 0.2) is 23.3 Å². The van der Waals surface area contributed by atoms with Crippen molar-refractivity contribution in [2.75, 3.05) is 20.8 Å². The number of hydrogen-bond donors (Lipinski definition) is 4. The Morgan fingerprint density at radius 1 is 1.16 bits per heavy atom. The summed E-state index contributed by atoms with van der Waals surface area (Å²) in [6.07, 6.45) is 3.90. The highest BCUT2D eigenvalue weighted by Crippen LogP contribution is 2.26. The van der Waals surface area contributed by atoms with Gasteiger partial charge in [0.2, 0.25) is 5.91 Å². The molecule has 0 unspecified atom stereocenters. The maximum Gasteiger partial charge on any atom is 0.335 e. The highest BCUT2D eigenvalue weighted by molar-refractivity contribution is 5.82. The number of carbonyl (C=O) groups excluding carboxylic acids is 2. The third-order valence-corrected chi connectivity index (χ3v) is 3.28. The van der Waals surface area contributed by atoms with Crippen molar-refractivity contribution in [2.45, 2.75) is 25.7 Å². The lowest BCUT2D eigenvalue weighted by atomic mass is 10.2. The van der Waals surface area contributed by atoms with Gasteiger partial charge in [0.05, 0.1) is 20.4 Å². The van der Waals surface area contributed by atoms with Gasteiger partial charge in [0.25, 0.3) is 0 Å². The van der Waals surface area contributed by atoms with Crippen LogP contribution >= 0.6 is 0 Å². The van der Waals surface area contributed by atoms with Crippen LogP contribution in [0.5, 0.6) is 11.5 Å². The van der Waals surface area contributed by atoms with Crippen LogP contribution in [0, 0.1) is 0 Å². The van der Waals surface area contributed by atoms with Crippen molar-refractivity contribution in [1.82, 2.24) is 16.2 Å². The molecule has 0 aromatic heterocycles. The van der Waals surface area contributed by atoms with Gasteiger partial charge in [0.1, 0.15) is 0 Å². The number of methoxy groups -OCH3 is 2. The zero-order chi connectivity index (χ0) is 18.5. The van der Waals surface area contributed by atoms with Gasteiger partial charge in [0, 0.05) is 13.0 Å². The lowest BCUT2D eigenvalue weighted by Gasteiger charge is -2.07. The van der Waals surface area contributed by atoms with E-state index in [2.05, 4.69) is 15.8 Å². The smallest absolute Gasteiger partial charge is 0.335 e. The summed E-state index contributed by atoms with van der Waals surface area (Å²) in [5, 5.41) is 14.9. The van der Waals surface area contributed by atoms with Crippen LogP contribution in [0.1, 0.15) is 31.2 Å². The first-order chi connectivity index (χ1) is 12.1. The van der Waals surface area contributed by atoms with Crippen molar-refractivity contribution in [3.05, 3.63) is 23.8 Å². The Bertz CT molecular complexity index is 592. The Labute approximate surface area is 146 Å². The summed E-state index contributed by atoms with van der Waals surface area (Å²) in [6, 6.07) is 4.86. The average molecular weight is 352 g/mol. The summed E-state index contributed by atoms with van der Waals surface area (Å²) in [4.78, 5) is 22.4. The molecule has 0 heterocycles. The highest BCUT2D eigenvalue weighted by Gasteiger charge is 2.03. The van der Waals surface area contributed by atoms with Crippen LogP contribution in [-0.2, 0) is 4.79 Å². The number of rotatable bonds is 10. The van der Waals surface area contributed by atoms with Gasteiger partial charge in [-0.05, 0) is 36.6 Å². The van der Waals surface area contributed by atoms with Gasteiger partial charge in [-0.1, -0.05) is 6.42 Å². The van der Waals surface area contributed by atoms with E-state index in [4.69, 9.17) is 14.7 Å². The number of unbranched alkanes of at least 4 members (excludes halogenated alkanes) is 2. The fourth-order valence-electron chi connectivity index (χ4n) is 1.98. The summed E-state index contributed by atoms with van der Waals surface area (Å²) in [7, 11) is 3.10. The minimum Gasteiger partial charge on any atom is -0.493 e. The van der Waals surface area contributed by atoms with Crippen LogP contribution in [0.4, 0.5) is 4.79 Å². The molecule has 1 aromatic carbocycles. The molecule has 0 saturated carbocycles. The van der Waals surface area contributed by atoms with Crippen molar-refractivity contribution in [3.8, 4) is 11.5 Å². The number of urea groups is 1. The van der Waals surface area contributed by atoms with Crippen LogP contribution in [0.2, 0.25) is 0 Å². The number of benzene rings is 1. The van der Waals surface area contributed by atoms with E-state index < -0.39 is 11.9 Å². The fourth-order valence-corrected chi connectivity index (χ4v) is 1.98. The van der Waals surface area contributed by atoms with Crippen molar-refractivity contribution in [3.63, 3.8) is 0 Å². The molecule has 0 aliphatic carbocycles. The van der Waals surface area contributed by atoms with Crippen molar-refractivity contribution in [2.24, 2.45) is 5.10 Å². The van der Waals surface area contributed by atoms with E-state index >= 15 is 0 Å². The molecular formula is C16H24N4O5. The molecule has 9 nitrogen and oxygen atoms in total. The normalized spacial score (nSPS) is 10.4. The van der Waals surface area contributed by atoms with Crippen LogP contribution in [0.3, 0.4) is 0 Å². The molecular weight excluding hydrogens is 328 g/mol. The predicted octanol–water partition coefficient (Wildman–Crippen LogP) is 1.40. The van der Waals surface area contributed by atoms with Crippen LogP contribution < -0.4 is 25.7 Å². The molecule has 0 aliphatic rings. The molecule has 25 heavy (non-hydrogen) atoms. The Kier molecular flexibility index (Phi) is 9.46. The van der Waals surface area contributed by atoms with Gasteiger partial charge in [0.15, 0.2) is 11.5 Å². The molecule has 1 rings (SSSR count).